The second-order valence-corrected chi connectivity index (χ2v) is 12.8. The summed E-state index contributed by atoms with van der Waals surface area (Å²) in [6.45, 7) is -0.382. The van der Waals surface area contributed by atoms with Crippen molar-refractivity contribution in [2.75, 3.05) is 39.5 Å². The smallest absolute Gasteiger partial charge is 0.245 e. The number of aliphatic hydroxyl groups is 4. The first kappa shape index (κ1) is 43.9. The van der Waals surface area contributed by atoms with Crippen LogP contribution in [0, 0.1) is 0 Å². The lowest BCUT2D eigenvalue weighted by Gasteiger charge is -2.28. The van der Waals surface area contributed by atoms with Gasteiger partial charge in [0.1, 0.15) is 18.1 Å². The molecule has 0 radical (unpaired) electrons. The summed E-state index contributed by atoms with van der Waals surface area (Å²) < 4.78 is 0. The van der Waals surface area contributed by atoms with Gasteiger partial charge in [0.25, 0.3) is 0 Å². The van der Waals surface area contributed by atoms with E-state index in [1.807, 2.05) is 0 Å². The normalized spacial score (nSPS) is 23.6. The number of benzene rings is 1. The van der Waals surface area contributed by atoms with E-state index in [1.165, 1.54) is 6.92 Å². The Hall–Kier alpha value is -4.24. The number of aliphatic hydroxyl groups excluding tert-OH is 4. The lowest BCUT2D eigenvalue weighted by atomic mass is 10.0. The molecule has 1 aliphatic rings. The summed E-state index contributed by atoms with van der Waals surface area (Å²) >= 11 is 0. The Balaban J connectivity index is 2.19. The number of nitrogens with one attached hydrogen (secondary N) is 7. The lowest BCUT2D eigenvalue weighted by Crippen LogP contribution is -2.60. The van der Waals surface area contributed by atoms with Gasteiger partial charge in [0.05, 0.1) is 44.1 Å². The second-order valence-electron chi connectivity index (χ2n) is 12.8. The third-order valence-corrected chi connectivity index (χ3v) is 8.39. The number of amides is 6. The number of hydrogen-bond donors (Lipinski definition) is 13. The zero-order valence-corrected chi connectivity index (χ0v) is 29.4. The molecule has 19 nitrogen and oxygen atoms in total. The number of hydrogen-bond acceptors (Lipinski definition) is 13. The molecule has 8 atom stereocenters. The van der Waals surface area contributed by atoms with Crippen LogP contribution in [0.15, 0.2) is 30.3 Å². The molecule has 1 heterocycles. The summed E-state index contributed by atoms with van der Waals surface area (Å²) in [5.41, 5.74) is 12.0. The van der Waals surface area contributed by atoms with Gasteiger partial charge in [0, 0.05) is 38.5 Å². The number of rotatable bonds is 14. The maximum absolute atomic E-state index is 13.5. The first-order chi connectivity index (χ1) is 24.8. The van der Waals surface area contributed by atoms with Gasteiger partial charge in [0.2, 0.25) is 35.4 Å². The molecule has 0 aromatic heterocycles. The predicted molar refractivity (Wildman–Crippen MR) is 188 cm³/mol. The Morgan fingerprint density at radius 2 is 1.65 bits per heavy atom. The van der Waals surface area contributed by atoms with Crippen LogP contribution in [0.5, 0.6) is 0 Å². The van der Waals surface area contributed by atoms with Gasteiger partial charge >= 0.3 is 0 Å². The van der Waals surface area contributed by atoms with Crippen LogP contribution in [-0.2, 0) is 35.2 Å². The Bertz CT molecular complexity index is 1310. The molecule has 0 aliphatic carbocycles. The van der Waals surface area contributed by atoms with Gasteiger partial charge in [-0.3, -0.25) is 28.8 Å². The van der Waals surface area contributed by atoms with Gasteiger partial charge in [0.15, 0.2) is 0 Å². The summed E-state index contributed by atoms with van der Waals surface area (Å²) in [4.78, 5) is 77.6. The van der Waals surface area contributed by atoms with Crippen LogP contribution in [0.3, 0.4) is 0 Å². The van der Waals surface area contributed by atoms with Crippen LogP contribution >= 0.6 is 0 Å². The van der Waals surface area contributed by atoms with E-state index in [2.05, 4.69) is 37.2 Å². The minimum Gasteiger partial charge on any atom is -0.395 e. The Kier molecular flexibility index (Phi) is 19.7. The Labute approximate surface area is 302 Å². The van der Waals surface area contributed by atoms with Crippen LogP contribution in [0.25, 0.3) is 0 Å². The Morgan fingerprint density at radius 3 is 2.27 bits per heavy atom. The first-order valence-corrected chi connectivity index (χ1v) is 17.3. The average Bonchev–Trinajstić information content (AvgIpc) is 3.12. The minimum atomic E-state index is -1.47. The van der Waals surface area contributed by atoms with Crippen molar-refractivity contribution in [1.82, 2.24) is 37.2 Å². The number of carbonyl (C=O) groups excluding carboxylic acids is 6. The van der Waals surface area contributed by atoms with Crippen molar-refractivity contribution in [2.45, 2.75) is 93.8 Å². The van der Waals surface area contributed by atoms with Crippen LogP contribution < -0.4 is 48.7 Å². The van der Waals surface area contributed by atoms with Gasteiger partial charge in [-0.05, 0) is 38.2 Å². The molecular weight excluding hydrogens is 682 g/mol. The van der Waals surface area contributed by atoms with Crippen molar-refractivity contribution < 1.29 is 49.2 Å². The SMILES string of the molecule is CC(O)[C@@H]1NC(=O)[C@@H](NC[C@@H](N)CO)CCC(=O)NCCCC[C@@H](C(=O)N[C@@H](CO)C(=O)N[C@@H](Cc2ccccc2)C(N)=O)NC[C@H](CO)NC1=O. The maximum atomic E-state index is 13.5. The quantitative estimate of drug-likeness (QED) is 0.0848. The monoisotopic (exact) mass is 737 g/mol. The highest BCUT2D eigenvalue weighted by atomic mass is 16.3. The first-order valence-electron chi connectivity index (χ1n) is 17.3. The predicted octanol–water partition coefficient (Wildman–Crippen LogP) is -5.66. The fourth-order valence-electron chi connectivity index (χ4n) is 5.28. The van der Waals surface area contributed by atoms with Crippen molar-refractivity contribution in [2.24, 2.45) is 11.5 Å². The largest absolute Gasteiger partial charge is 0.395 e. The van der Waals surface area contributed by atoms with Crippen LogP contribution in [0.4, 0.5) is 0 Å². The molecule has 1 saturated heterocycles. The number of carbonyl (C=O) groups is 6. The van der Waals surface area contributed by atoms with E-state index in [1.54, 1.807) is 30.3 Å². The molecule has 1 aliphatic heterocycles. The van der Waals surface area contributed by atoms with Gasteiger partial charge in [-0.2, -0.15) is 0 Å². The highest BCUT2D eigenvalue weighted by molar-refractivity contribution is 5.93. The zero-order valence-electron chi connectivity index (χ0n) is 29.4. The van der Waals surface area contributed by atoms with Crippen LogP contribution in [0.1, 0.15) is 44.6 Å². The molecule has 2 rings (SSSR count). The fraction of sp³-hybridized carbons (Fsp3) is 0.636. The molecule has 0 saturated carbocycles. The van der Waals surface area contributed by atoms with Gasteiger partial charge in [-0.15, -0.1) is 0 Å². The van der Waals surface area contributed by atoms with Gasteiger partial charge in [-0.1, -0.05) is 30.3 Å². The highest BCUT2D eigenvalue weighted by Gasteiger charge is 2.32. The molecule has 292 valence electrons. The van der Waals surface area contributed by atoms with E-state index < -0.39 is 91.1 Å². The van der Waals surface area contributed by atoms with Crippen molar-refractivity contribution in [1.29, 1.82) is 0 Å². The summed E-state index contributed by atoms with van der Waals surface area (Å²) in [7, 11) is 0. The van der Waals surface area contributed by atoms with E-state index in [-0.39, 0.29) is 57.8 Å². The Morgan fingerprint density at radius 1 is 0.942 bits per heavy atom. The van der Waals surface area contributed by atoms with Crippen molar-refractivity contribution >= 4 is 35.4 Å². The summed E-state index contributed by atoms with van der Waals surface area (Å²) in [5, 5.41) is 58.2. The lowest BCUT2D eigenvalue weighted by molar-refractivity contribution is -0.133. The number of primary amides is 1. The molecule has 1 unspecified atom stereocenters. The molecule has 1 aromatic carbocycles. The molecule has 0 spiro atoms. The molecular formula is C33H55N9O10. The summed E-state index contributed by atoms with van der Waals surface area (Å²) in [6, 6.07) is 1.04. The third kappa shape index (κ3) is 15.6. The summed E-state index contributed by atoms with van der Waals surface area (Å²) in [6.07, 6.45) is -0.377. The van der Waals surface area contributed by atoms with E-state index in [4.69, 9.17) is 11.5 Å². The van der Waals surface area contributed by atoms with Gasteiger partial charge < -0.3 is 69.1 Å². The summed E-state index contributed by atoms with van der Waals surface area (Å²) in [5.74, 6) is -4.28. The van der Waals surface area contributed by atoms with Crippen LogP contribution in [0.2, 0.25) is 0 Å². The molecule has 6 amide bonds. The van der Waals surface area contributed by atoms with E-state index in [0.717, 1.165) is 5.56 Å². The van der Waals surface area contributed by atoms with Crippen LogP contribution in [-0.4, -0.2) is 144 Å². The molecule has 0 bridgehead atoms. The highest BCUT2D eigenvalue weighted by Crippen LogP contribution is 2.07. The fourth-order valence-corrected chi connectivity index (χ4v) is 5.28. The number of nitrogens with two attached hydrogens (primary N) is 2. The van der Waals surface area contributed by atoms with Crippen molar-refractivity contribution in [3.8, 4) is 0 Å². The third-order valence-electron chi connectivity index (χ3n) is 8.39. The van der Waals surface area contributed by atoms with E-state index in [9.17, 15) is 49.2 Å². The second kappa shape index (κ2) is 23.3. The zero-order chi connectivity index (χ0) is 38.6. The molecule has 1 fully saturated rings. The van der Waals surface area contributed by atoms with Crippen molar-refractivity contribution in [3.05, 3.63) is 35.9 Å². The average molecular weight is 738 g/mol. The van der Waals surface area contributed by atoms with E-state index in [0.29, 0.717) is 12.8 Å². The molecule has 19 heteroatoms. The van der Waals surface area contributed by atoms with E-state index >= 15 is 0 Å². The standard InChI is InChI=1S/C33H55N9O10/c1-19(46)28-33(52)39-22(17-44)15-38-23(9-5-6-12-36-27(47)11-10-24(31(50)42-28)37-14-21(34)16-43)30(49)41-26(18-45)32(51)40-25(29(35)48)13-20-7-3-2-4-8-20/h2-4,7-8,19,21-26,28,37-38,43-46H,5-6,9-18,34H2,1H3,(H2,35,48)(H,36,47)(H,39,52)(H,40,51)(H,41,49)(H,42,50)/t19?,21-,22-,23+,24+,25+,26+,28+/m1/s1. The topological polar surface area (TPSA) is 320 Å². The molecule has 15 N–H and O–H groups in total. The van der Waals surface area contributed by atoms with Crippen molar-refractivity contribution in [3.63, 3.8) is 0 Å². The molecule has 1 aromatic rings. The van der Waals surface area contributed by atoms with Gasteiger partial charge in [-0.25, -0.2) is 0 Å². The molecule has 52 heavy (non-hydrogen) atoms. The maximum Gasteiger partial charge on any atom is 0.245 e. The minimum absolute atomic E-state index is 0.00143.